The van der Waals surface area contributed by atoms with Gasteiger partial charge in [-0.25, -0.2) is 9.50 Å². The molecule has 1 saturated carbocycles. The van der Waals surface area contributed by atoms with Gasteiger partial charge >= 0.3 is 0 Å². The number of benzene rings is 1. The van der Waals surface area contributed by atoms with Gasteiger partial charge in [-0.15, -0.1) is 0 Å². The molecule has 0 bridgehead atoms. The number of aromatic nitrogens is 5. The number of fused-ring (bicyclic) bond motifs is 1. The summed E-state index contributed by atoms with van der Waals surface area (Å²) in [7, 11) is 0. The number of halogens is 1. The molecule has 0 spiro atoms. The Hall–Kier alpha value is -3.88. The Bertz CT molecular complexity index is 1550. The predicted molar refractivity (Wildman–Crippen MR) is 143 cm³/mol. The highest BCUT2D eigenvalue weighted by Gasteiger charge is 2.41. The maximum atomic E-state index is 13.8. The van der Waals surface area contributed by atoms with Gasteiger partial charge in [-0.1, -0.05) is 43.5 Å². The molecule has 0 unspecified atom stereocenters. The molecule has 1 amide bonds. The molecule has 4 heterocycles. The maximum absolute atomic E-state index is 13.8. The van der Waals surface area contributed by atoms with Crippen LogP contribution in [0.1, 0.15) is 66.6 Å². The number of amides is 1. The molecule has 1 saturated heterocycles. The smallest absolute Gasteiger partial charge is 0.273 e. The normalized spacial score (nSPS) is 20.0. The van der Waals surface area contributed by atoms with Crippen LogP contribution in [-0.4, -0.2) is 54.6 Å². The van der Waals surface area contributed by atoms with Crippen molar-refractivity contribution in [1.82, 2.24) is 29.5 Å². The van der Waals surface area contributed by atoms with Gasteiger partial charge in [0.05, 0.1) is 23.8 Å². The van der Waals surface area contributed by atoms with Gasteiger partial charge in [-0.05, 0) is 38.2 Å². The van der Waals surface area contributed by atoms with Crippen LogP contribution in [0.3, 0.4) is 0 Å². The number of nitrogens with one attached hydrogen (secondary N) is 1. The highest BCUT2D eigenvalue weighted by atomic mass is 19.1. The lowest BCUT2D eigenvalue weighted by Crippen LogP contribution is -2.58. The van der Waals surface area contributed by atoms with E-state index >= 15 is 0 Å². The lowest BCUT2D eigenvalue weighted by atomic mass is 9.84. The van der Waals surface area contributed by atoms with E-state index in [4.69, 9.17) is 4.98 Å². The quantitative estimate of drug-likeness (QED) is 0.407. The van der Waals surface area contributed by atoms with E-state index in [0.29, 0.717) is 35.2 Å². The molecule has 38 heavy (non-hydrogen) atoms. The fourth-order valence-electron chi connectivity index (χ4n) is 5.85. The third-order valence-corrected chi connectivity index (χ3v) is 8.29. The monoisotopic (exact) mass is 514 g/mol. The summed E-state index contributed by atoms with van der Waals surface area (Å²) in [6.45, 7) is 3.47. The molecule has 0 radical (unpaired) electrons. The first-order chi connectivity index (χ1) is 18.5. The summed E-state index contributed by atoms with van der Waals surface area (Å²) < 4.78 is 14.6. The molecule has 196 valence electrons. The molecule has 1 aromatic carbocycles. The van der Waals surface area contributed by atoms with Gasteiger partial charge in [0.1, 0.15) is 11.3 Å². The van der Waals surface area contributed by atoms with Crippen molar-refractivity contribution in [2.45, 2.75) is 57.9 Å². The fourth-order valence-corrected chi connectivity index (χ4v) is 5.85. The Balaban J connectivity index is 1.46. The van der Waals surface area contributed by atoms with Crippen LogP contribution >= 0.6 is 0 Å². The van der Waals surface area contributed by atoms with E-state index < -0.39 is 6.67 Å². The van der Waals surface area contributed by atoms with E-state index in [9.17, 15) is 14.0 Å². The van der Waals surface area contributed by atoms with E-state index in [1.54, 1.807) is 24.2 Å². The van der Waals surface area contributed by atoms with Gasteiger partial charge in [-0.3, -0.25) is 29.0 Å². The minimum atomic E-state index is -0.479. The summed E-state index contributed by atoms with van der Waals surface area (Å²) in [6.07, 6.45) is 9.38. The molecule has 1 aliphatic carbocycles. The fraction of sp³-hybridized carbons (Fsp3) is 0.414. The van der Waals surface area contributed by atoms with Crippen molar-refractivity contribution in [2.75, 3.05) is 13.2 Å². The average Bonchev–Trinajstić information content (AvgIpc) is 3.33. The number of carbonyl (C=O) groups is 1. The second kappa shape index (κ2) is 9.78. The number of alkyl halides is 1. The van der Waals surface area contributed by atoms with Gasteiger partial charge in [0.2, 0.25) is 0 Å². The Kier molecular flexibility index (Phi) is 6.29. The van der Waals surface area contributed by atoms with E-state index in [2.05, 4.69) is 27.2 Å². The molecule has 9 heteroatoms. The van der Waals surface area contributed by atoms with E-state index in [-0.39, 0.29) is 34.6 Å². The molecule has 2 atom stereocenters. The SMILES string of the molecule is Cc1nccnc1-c1[nH]n2c(=O)cc(-c3ccc(C4CCCCC4)cc3)nc2c1C(=O)N1C[C@@H](CF)[C@H]1C. The van der Waals surface area contributed by atoms with Crippen molar-refractivity contribution in [3.05, 3.63) is 69.9 Å². The Morgan fingerprint density at radius 1 is 1.11 bits per heavy atom. The summed E-state index contributed by atoms with van der Waals surface area (Å²) in [5.41, 5.74) is 4.23. The molecule has 2 fully saturated rings. The minimum Gasteiger partial charge on any atom is -0.335 e. The molecule has 1 N–H and O–H groups in total. The van der Waals surface area contributed by atoms with E-state index in [1.807, 2.05) is 19.1 Å². The molecule has 8 nitrogen and oxygen atoms in total. The number of nitrogens with zero attached hydrogens (tertiary/aromatic N) is 5. The zero-order valence-electron chi connectivity index (χ0n) is 21.7. The van der Waals surface area contributed by atoms with Crippen LogP contribution in [0.25, 0.3) is 28.3 Å². The van der Waals surface area contributed by atoms with Gasteiger partial charge in [0.15, 0.2) is 5.65 Å². The topological polar surface area (TPSA) is 96.2 Å². The van der Waals surface area contributed by atoms with Crippen LogP contribution in [0, 0.1) is 12.8 Å². The van der Waals surface area contributed by atoms with Crippen molar-refractivity contribution in [1.29, 1.82) is 0 Å². The number of H-pyrrole nitrogens is 1. The lowest BCUT2D eigenvalue weighted by molar-refractivity contribution is 0.0142. The largest absolute Gasteiger partial charge is 0.335 e. The third-order valence-electron chi connectivity index (χ3n) is 8.29. The Morgan fingerprint density at radius 2 is 1.84 bits per heavy atom. The first-order valence-corrected chi connectivity index (χ1v) is 13.4. The second-order valence-corrected chi connectivity index (χ2v) is 10.6. The molecular weight excluding hydrogens is 483 g/mol. The zero-order chi connectivity index (χ0) is 26.4. The highest BCUT2D eigenvalue weighted by Crippen LogP contribution is 2.35. The summed E-state index contributed by atoms with van der Waals surface area (Å²) >= 11 is 0. The predicted octanol–water partition coefficient (Wildman–Crippen LogP) is 4.93. The summed E-state index contributed by atoms with van der Waals surface area (Å²) in [5.74, 6) is 0.0784. The molecule has 2 aliphatic rings. The zero-order valence-corrected chi connectivity index (χ0v) is 21.7. The molecular formula is C29H31FN6O2. The maximum Gasteiger partial charge on any atom is 0.273 e. The van der Waals surface area contributed by atoms with Gasteiger partial charge in [0.25, 0.3) is 11.5 Å². The van der Waals surface area contributed by atoms with Gasteiger partial charge in [0, 0.05) is 42.5 Å². The summed E-state index contributed by atoms with van der Waals surface area (Å²) in [4.78, 5) is 42.3. The third kappa shape index (κ3) is 4.10. The number of hydrogen-bond donors (Lipinski definition) is 1. The standard InChI is InChI=1S/C29H31FN6O2/c1-17-26(32-13-12-31-17)27-25(29(38)35-16-22(15-30)18(35)2)28-33-23(14-24(37)36(28)34-27)21-10-8-20(9-11-21)19-6-4-3-5-7-19/h8-14,18-19,22,34H,3-7,15-16H2,1-2H3/t18-,22-/m1/s1. The van der Waals surface area contributed by atoms with Gasteiger partial charge < -0.3 is 4.90 Å². The second-order valence-electron chi connectivity index (χ2n) is 10.6. The van der Waals surface area contributed by atoms with Crippen LogP contribution < -0.4 is 5.56 Å². The van der Waals surface area contributed by atoms with E-state index in [1.165, 1.54) is 48.2 Å². The Morgan fingerprint density at radius 3 is 2.53 bits per heavy atom. The first-order valence-electron chi connectivity index (χ1n) is 13.4. The van der Waals surface area contributed by atoms with Crippen LogP contribution in [-0.2, 0) is 0 Å². The van der Waals surface area contributed by atoms with Crippen LogP contribution in [0.2, 0.25) is 0 Å². The molecule has 6 rings (SSSR count). The van der Waals surface area contributed by atoms with Gasteiger partial charge in [-0.2, -0.15) is 0 Å². The lowest BCUT2D eigenvalue weighted by Gasteiger charge is -2.45. The number of likely N-dealkylation sites (tertiary alicyclic amines) is 1. The van der Waals surface area contributed by atoms with Crippen molar-refractivity contribution < 1.29 is 9.18 Å². The van der Waals surface area contributed by atoms with Crippen LogP contribution in [0.5, 0.6) is 0 Å². The molecule has 3 aromatic heterocycles. The minimum absolute atomic E-state index is 0.195. The van der Waals surface area contributed by atoms with Crippen molar-refractivity contribution >= 4 is 11.6 Å². The molecule has 4 aromatic rings. The summed E-state index contributed by atoms with van der Waals surface area (Å²) in [6, 6.07) is 9.50. The van der Waals surface area contributed by atoms with Crippen LogP contribution in [0.4, 0.5) is 4.39 Å². The first kappa shape index (κ1) is 24.5. The highest BCUT2D eigenvalue weighted by molar-refractivity contribution is 6.06. The van der Waals surface area contributed by atoms with Crippen molar-refractivity contribution in [3.63, 3.8) is 0 Å². The Labute approximate surface area is 219 Å². The van der Waals surface area contributed by atoms with Crippen molar-refractivity contribution in [2.24, 2.45) is 5.92 Å². The van der Waals surface area contributed by atoms with Crippen LogP contribution in [0.15, 0.2) is 47.5 Å². The summed E-state index contributed by atoms with van der Waals surface area (Å²) in [5, 5.41) is 3.06. The average molecular weight is 515 g/mol. The number of carbonyl (C=O) groups excluding carboxylic acids is 1. The molecule has 1 aliphatic heterocycles. The number of rotatable bonds is 5. The number of aromatic amines is 1. The number of aryl methyl sites for hydroxylation is 1. The number of hydrogen-bond acceptors (Lipinski definition) is 5. The van der Waals surface area contributed by atoms with E-state index in [0.717, 1.165) is 5.56 Å². The van der Waals surface area contributed by atoms with Crippen molar-refractivity contribution in [3.8, 4) is 22.6 Å².